The Kier molecular flexibility index (Phi) is 6.89. The Labute approximate surface area is 180 Å². The molecule has 1 amide bonds. The van der Waals surface area contributed by atoms with Gasteiger partial charge in [-0.05, 0) is 63.8 Å². The van der Waals surface area contributed by atoms with Crippen molar-refractivity contribution in [2.75, 3.05) is 12.0 Å². The van der Waals surface area contributed by atoms with Gasteiger partial charge in [-0.25, -0.2) is 0 Å². The van der Waals surface area contributed by atoms with Crippen molar-refractivity contribution in [2.45, 2.75) is 19.9 Å². The lowest BCUT2D eigenvalue weighted by Gasteiger charge is -2.25. The first-order valence-electron chi connectivity index (χ1n) is 9.41. The van der Waals surface area contributed by atoms with E-state index in [1.807, 2.05) is 66.7 Å². The SMILES string of the molecule is C=C(Cc1ccccc1C)C(=O)N(Cc1ccc(OC)cc1)c1ccccc1Br. The number of carbonyl (C=O) groups is 1. The number of hydrogen-bond donors (Lipinski definition) is 0. The zero-order chi connectivity index (χ0) is 20.8. The van der Waals surface area contributed by atoms with Crippen LogP contribution in [0, 0.1) is 6.92 Å². The van der Waals surface area contributed by atoms with Crippen molar-refractivity contribution in [2.24, 2.45) is 0 Å². The van der Waals surface area contributed by atoms with Gasteiger partial charge in [0, 0.05) is 16.5 Å². The lowest BCUT2D eigenvalue weighted by atomic mass is 10.0. The van der Waals surface area contributed by atoms with Gasteiger partial charge in [-0.3, -0.25) is 4.79 Å². The van der Waals surface area contributed by atoms with Gasteiger partial charge in [-0.2, -0.15) is 0 Å². The van der Waals surface area contributed by atoms with Crippen LogP contribution in [0.5, 0.6) is 5.75 Å². The predicted molar refractivity (Wildman–Crippen MR) is 122 cm³/mol. The molecule has 3 nitrogen and oxygen atoms in total. The Bertz CT molecular complexity index is 1010. The first-order chi connectivity index (χ1) is 14.0. The molecule has 0 saturated heterocycles. The van der Waals surface area contributed by atoms with Crippen LogP contribution < -0.4 is 9.64 Å². The molecule has 3 aromatic rings. The van der Waals surface area contributed by atoms with Crippen LogP contribution in [0.1, 0.15) is 16.7 Å². The third-order valence-corrected chi connectivity index (χ3v) is 5.53. The van der Waals surface area contributed by atoms with Crippen molar-refractivity contribution in [3.05, 3.63) is 106 Å². The van der Waals surface area contributed by atoms with Gasteiger partial charge in [0.1, 0.15) is 5.75 Å². The van der Waals surface area contributed by atoms with Crippen LogP contribution in [0.4, 0.5) is 5.69 Å². The van der Waals surface area contributed by atoms with Crippen molar-refractivity contribution in [3.8, 4) is 5.75 Å². The summed E-state index contributed by atoms with van der Waals surface area (Å²) in [4.78, 5) is 15.2. The Morgan fingerprint density at radius 3 is 2.31 bits per heavy atom. The topological polar surface area (TPSA) is 29.5 Å². The molecular formula is C25H24BrNO2. The molecule has 0 spiro atoms. The fraction of sp³-hybridized carbons (Fsp3) is 0.160. The largest absolute Gasteiger partial charge is 0.497 e. The van der Waals surface area contributed by atoms with Gasteiger partial charge in [0.05, 0.1) is 19.3 Å². The Hall–Kier alpha value is -2.85. The van der Waals surface area contributed by atoms with E-state index in [-0.39, 0.29) is 5.91 Å². The molecule has 0 aliphatic carbocycles. The fourth-order valence-electron chi connectivity index (χ4n) is 3.16. The van der Waals surface area contributed by atoms with Crippen molar-refractivity contribution in [1.29, 1.82) is 0 Å². The normalized spacial score (nSPS) is 10.4. The van der Waals surface area contributed by atoms with E-state index >= 15 is 0 Å². The molecule has 0 bridgehead atoms. The number of carbonyl (C=O) groups excluding carboxylic acids is 1. The molecule has 4 heteroatoms. The molecule has 0 aliphatic heterocycles. The minimum Gasteiger partial charge on any atom is -0.497 e. The third-order valence-electron chi connectivity index (χ3n) is 4.86. The minimum atomic E-state index is -0.0871. The highest BCUT2D eigenvalue weighted by atomic mass is 79.9. The molecule has 0 radical (unpaired) electrons. The van der Waals surface area contributed by atoms with Crippen LogP contribution in [-0.2, 0) is 17.8 Å². The summed E-state index contributed by atoms with van der Waals surface area (Å²) in [5, 5.41) is 0. The molecule has 0 aliphatic rings. The summed E-state index contributed by atoms with van der Waals surface area (Å²) in [5.74, 6) is 0.701. The molecule has 0 unspecified atom stereocenters. The molecule has 0 heterocycles. The quantitative estimate of drug-likeness (QED) is 0.407. The van der Waals surface area contributed by atoms with E-state index in [1.54, 1.807) is 12.0 Å². The maximum Gasteiger partial charge on any atom is 0.254 e. The first kappa shape index (κ1) is 20.9. The van der Waals surface area contributed by atoms with E-state index in [2.05, 4.69) is 35.5 Å². The molecule has 3 aromatic carbocycles. The average molecular weight is 450 g/mol. The summed E-state index contributed by atoms with van der Waals surface area (Å²) in [6, 6.07) is 23.6. The van der Waals surface area contributed by atoms with E-state index in [4.69, 9.17) is 4.74 Å². The van der Waals surface area contributed by atoms with E-state index < -0.39 is 0 Å². The van der Waals surface area contributed by atoms with Crippen molar-refractivity contribution >= 4 is 27.5 Å². The standard InChI is InChI=1S/C25H24BrNO2/c1-18-8-4-5-9-21(18)16-19(2)25(28)27(24-11-7-6-10-23(24)26)17-20-12-14-22(29-3)15-13-20/h4-15H,2,16-17H2,1,3H3. The summed E-state index contributed by atoms with van der Waals surface area (Å²) in [6.45, 7) is 6.60. The number of methoxy groups -OCH3 is 1. The number of amides is 1. The second-order valence-electron chi connectivity index (χ2n) is 6.90. The van der Waals surface area contributed by atoms with Crippen LogP contribution in [0.3, 0.4) is 0 Å². The summed E-state index contributed by atoms with van der Waals surface area (Å²) >= 11 is 3.59. The number of hydrogen-bond acceptors (Lipinski definition) is 2. The summed E-state index contributed by atoms with van der Waals surface area (Å²) in [7, 11) is 1.64. The van der Waals surface area contributed by atoms with E-state index in [9.17, 15) is 4.79 Å². The smallest absolute Gasteiger partial charge is 0.254 e. The van der Waals surface area contributed by atoms with Gasteiger partial charge in [0.15, 0.2) is 0 Å². The molecule has 29 heavy (non-hydrogen) atoms. The van der Waals surface area contributed by atoms with Crippen LogP contribution in [0.2, 0.25) is 0 Å². The van der Waals surface area contributed by atoms with E-state index in [0.29, 0.717) is 18.5 Å². The van der Waals surface area contributed by atoms with Crippen molar-refractivity contribution in [1.82, 2.24) is 0 Å². The second-order valence-corrected chi connectivity index (χ2v) is 7.75. The van der Waals surface area contributed by atoms with Gasteiger partial charge in [-0.1, -0.05) is 55.1 Å². The highest BCUT2D eigenvalue weighted by Gasteiger charge is 2.21. The average Bonchev–Trinajstić information content (AvgIpc) is 2.74. The number of halogens is 1. The molecule has 0 saturated carbocycles. The lowest BCUT2D eigenvalue weighted by molar-refractivity contribution is -0.115. The Balaban J connectivity index is 1.89. The number of anilines is 1. The zero-order valence-corrected chi connectivity index (χ0v) is 18.3. The predicted octanol–water partition coefficient (Wildman–Crippen LogP) is 6.10. The van der Waals surface area contributed by atoms with Gasteiger partial charge >= 0.3 is 0 Å². The molecule has 0 atom stereocenters. The third kappa shape index (κ3) is 5.15. The lowest BCUT2D eigenvalue weighted by Crippen LogP contribution is -2.32. The van der Waals surface area contributed by atoms with E-state index in [0.717, 1.165) is 32.6 Å². The number of rotatable bonds is 7. The number of para-hydroxylation sites is 1. The number of benzene rings is 3. The first-order valence-corrected chi connectivity index (χ1v) is 10.2. The minimum absolute atomic E-state index is 0.0871. The van der Waals surface area contributed by atoms with Gasteiger partial charge in [0.2, 0.25) is 0 Å². The van der Waals surface area contributed by atoms with Crippen LogP contribution in [0.25, 0.3) is 0 Å². The van der Waals surface area contributed by atoms with Crippen LogP contribution >= 0.6 is 15.9 Å². The Morgan fingerprint density at radius 2 is 1.66 bits per heavy atom. The monoisotopic (exact) mass is 449 g/mol. The summed E-state index contributed by atoms with van der Waals surface area (Å²) in [6.07, 6.45) is 0.523. The van der Waals surface area contributed by atoms with Gasteiger partial charge in [-0.15, -0.1) is 0 Å². The van der Waals surface area contributed by atoms with Crippen LogP contribution in [-0.4, -0.2) is 13.0 Å². The molecule has 0 fully saturated rings. The van der Waals surface area contributed by atoms with Gasteiger partial charge in [0.25, 0.3) is 5.91 Å². The summed E-state index contributed by atoms with van der Waals surface area (Å²) < 4.78 is 6.11. The number of aryl methyl sites for hydroxylation is 1. The fourth-order valence-corrected chi connectivity index (χ4v) is 3.65. The second kappa shape index (κ2) is 9.57. The number of nitrogens with zero attached hydrogens (tertiary/aromatic N) is 1. The maximum absolute atomic E-state index is 13.4. The zero-order valence-electron chi connectivity index (χ0n) is 16.7. The van der Waals surface area contributed by atoms with Gasteiger partial charge < -0.3 is 9.64 Å². The maximum atomic E-state index is 13.4. The summed E-state index contributed by atoms with van der Waals surface area (Å²) in [5.41, 5.74) is 4.66. The van der Waals surface area contributed by atoms with Crippen LogP contribution in [0.15, 0.2) is 89.4 Å². The van der Waals surface area contributed by atoms with E-state index in [1.165, 1.54) is 0 Å². The Morgan fingerprint density at radius 1 is 1.00 bits per heavy atom. The molecule has 0 N–H and O–H groups in total. The van der Waals surface area contributed by atoms with Crippen molar-refractivity contribution < 1.29 is 9.53 Å². The molecule has 0 aromatic heterocycles. The highest BCUT2D eigenvalue weighted by Crippen LogP contribution is 2.29. The van der Waals surface area contributed by atoms with Crippen molar-refractivity contribution in [3.63, 3.8) is 0 Å². The highest BCUT2D eigenvalue weighted by molar-refractivity contribution is 9.10. The molecule has 148 valence electrons. The molecular weight excluding hydrogens is 426 g/mol. The number of ether oxygens (including phenoxy) is 1. The molecule has 3 rings (SSSR count).